The van der Waals surface area contributed by atoms with Crippen LogP contribution in [0.15, 0.2) is 72.8 Å². The predicted octanol–water partition coefficient (Wildman–Crippen LogP) is 7.65. The molecule has 1 unspecified atom stereocenters. The summed E-state index contributed by atoms with van der Waals surface area (Å²) in [5.74, 6) is -1.12. The quantitative estimate of drug-likeness (QED) is 0.130. The Morgan fingerprint density at radius 3 is 2.17 bits per heavy atom. The number of aryl methyl sites for hydroxylation is 1. The van der Waals surface area contributed by atoms with Gasteiger partial charge in [0.1, 0.15) is 17.7 Å². The number of hydrogen-bond donors (Lipinski definition) is 2. The van der Waals surface area contributed by atoms with E-state index in [0.717, 1.165) is 12.1 Å². The summed E-state index contributed by atoms with van der Waals surface area (Å²) in [6.45, 7) is 2.19. The van der Waals surface area contributed by atoms with Crippen LogP contribution in [0.2, 0.25) is 10.0 Å². The average Bonchev–Trinajstić information content (AvgIpc) is 3.66. The minimum Gasteiger partial charge on any atom is -0.460 e. The van der Waals surface area contributed by atoms with Crippen LogP contribution in [0.1, 0.15) is 44.8 Å². The van der Waals surface area contributed by atoms with Gasteiger partial charge < -0.3 is 15.1 Å². The number of rotatable bonds is 10. The number of anilines is 2. The fraction of sp³-hybridized carbons (Fsp3) is 0.258. The van der Waals surface area contributed by atoms with Gasteiger partial charge in [0.15, 0.2) is 0 Å². The van der Waals surface area contributed by atoms with Crippen molar-refractivity contribution in [2.24, 2.45) is 0 Å². The normalized spacial score (nSPS) is 14.9. The Morgan fingerprint density at radius 2 is 1.57 bits per heavy atom. The van der Waals surface area contributed by atoms with Crippen molar-refractivity contribution < 1.29 is 32.1 Å². The first-order valence-corrected chi connectivity index (χ1v) is 16.7. The van der Waals surface area contributed by atoms with E-state index >= 15 is 4.57 Å². The van der Waals surface area contributed by atoms with E-state index in [2.05, 4.69) is 15.5 Å². The number of halogens is 5. The third kappa shape index (κ3) is 7.58. The Hall–Kier alpha value is -3.83. The van der Waals surface area contributed by atoms with Gasteiger partial charge >= 0.3 is 12.1 Å². The lowest BCUT2D eigenvalue weighted by atomic mass is 10.2. The summed E-state index contributed by atoms with van der Waals surface area (Å²) in [7, 11) is -3.95. The molecule has 0 spiro atoms. The Kier molecular flexibility index (Phi) is 10.1. The van der Waals surface area contributed by atoms with Gasteiger partial charge in [-0.3, -0.25) is 9.36 Å². The van der Waals surface area contributed by atoms with Crippen molar-refractivity contribution in [3.8, 4) is 0 Å². The Balaban J connectivity index is 1.53. The number of alkyl halides is 3. The number of aromatic nitrogens is 2. The molecule has 1 aromatic heterocycles. The lowest BCUT2D eigenvalue weighted by Gasteiger charge is -2.30. The Labute approximate surface area is 273 Å². The predicted molar refractivity (Wildman–Crippen MR) is 171 cm³/mol. The lowest BCUT2D eigenvalue weighted by Crippen LogP contribution is -2.31. The molecule has 4 aromatic rings. The smallest absolute Gasteiger partial charge is 0.416 e. The van der Waals surface area contributed by atoms with Gasteiger partial charge in [-0.1, -0.05) is 29.3 Å². The number of nitrogens with zero attached hydrogens (tertiary/aromatic N) is 3. The molecule has 0 saturated carbocycles. The number of hydrogen-bond acceptors (Lipinski definition) is 5. The number of amides is 1. The molecule has 0 radical (unpaired) electrons. The van der Waals surface area contributed by atoms with Crippen LogP contribution in [0.4, 0.5) is 24.7 Å². The van der Waals surface area contributed by atoms with Crippen molar-refractivity contribution in [3.05, 3.63) is 105 Å². The van der Waals surface area contributed by atoms with E-state index in [1.165, 1.54) is 41.1 Å². The number of carbonyl (C=O) groups is 2. The second-order valence-corrected chi connectivity index (χ2v) is 13.8. The number of nitrogens with one attached hydrogen (secondary N) is 2. The van der Waals surface area contributed by atoms with Crippen LogP contribution in [-0.2, 0) is 22.0 Å². The number of benzene rings is 3. The molecule has 46 heavy (non-hydrogen) atoms. The summed E-state index contributed by atoms with van der Waals surface area (Å²) < 4.78 is 64.4. The minimum atomic E-state index is -4.61. The second-order valence-electron chi connectivity index (χ2n) is 10.5. The highest BCUT2D eigenvalue weighted by Crippen LogP contribution is 2.53. The molecule has 1 fully saturated rings. The second kappa shape index (κ2) is 13.9. The van der Waals surface area contributed by atoms with Crippen LogP contribution in [0.3, 0.4) is 0 Å². The van der Waals surface area contributed by atoms with Gasteiger partial charge in [0.25, 0.3) is 13.4 Å². The van der Waals surface area contributed by atoms with E-state index < -0.39 is 31.1 Å². The molecule has 1 atom stereocenters. The molecule has 5 rings (SSSR count). The number of esters is 1. The first kappa shape index (κ1) is 33.5. The summed E-state index contributed by atoms with van der Waals surface area (Å²) in [6.07, 6.45) is -3.18. The molecule has 1 amide bonds. The zero-order valence-corrected chi connectivity index (χ0v) is 26.9. The zero-order chi connectivity index (χ0) is 33.1. The van der Waals surface area contributed by atoms with Crippen molar-refractivity contribution in [2.45, 2.75) is 32.5 Å². The van der Waals surface area contributed by atoms with E-state index in [0.29, 0.717) is 36.0 Å². The molecular weight excluding hydrogens is 665 g/mol. The molecule has 242 valence electrons. The van der Waals surface area contributed by atoms with Crippen LogP contribution in [0.25, 0.3) is 0 Å². The summed E-state index contributed by atoms with van der Waals surface area (Å²) in [5.41, 5.74) is -0.121. The van der Waals surface area contributed by atoms with Crippen LogP contribution in [0, 0.1) is 6.92 Å². The molecule has 3 aromatic carbocycles. The molecule has 1 aliphatic rings. The molecule has 9 nitrogen and oxygen atoms in total. The molecule has 2 N–H and O–H groups in total. The van der Waals surface area contributed by atoms with Gasteiger partial charge in [-0.2, -0.15) is 18.3 Å². The van der Waals surface area contributed by atoms with E-state index in [9.17, 15) is 22.8 Å². The maximum absolute atomic E-state index is 15.2. The summed E-state index contributed by atoms with van der Waals surface area (Å²) in [6, 6.07) is 16.7. The first-order valence-electron chi connectivity index (χ1n) is 14.2. The van der Waals surface area contributed by atoms with Gasteiger partial charge in [-0.25, -0.2) is 14.1 Å². The van der Waals surface area contributed by atoms with E-state index in [1.54, 1.807) is 35.9 Å². The molecular formula is C31H29Cl2F3N5O4P. The van der Waals surface area contributed by atoms with Crippen molar-refractivity contribution in [3.63, 3.8) is 0 Å². The van der Waals surface area contributed by atoms with Gasteiger partial charge in [0.05, 0.1) is 23.4 Å². The zero-order valence-electron chi connectivity index (χ0n) is 24.5. The van der Waals surface area contributed by atoms with Crippen LogP contribution in [-0.4, -0.2) is 46.0 Å². The maximum Gasteiger partial charge on any atom is 0.416 e. The highest BCUT2D eigenvalue weighted by Gasteiger charge is 2.41. The first-order chi connectivity index (χ1) is 21.8. The third-order valence-corrected chi connectivity index (χ3v) is 10.7. The number of carbonyl (C=O) groups excluding carboxylic acids is 2. The van der Waals surface area contributed by atoms with Gasteiger partial charge in [-0.05, 0) is 86.5 Å². The molecule has 0 bridgehead atoms. The number of ether oxygens (including phenoxy) is 1. The lowest BCUT2D eigenvalue weighted by molar-refractivity contribution is -0.137. The molecule has 0 aliphatic carbocycles. The van der Waals surface area contributed by atoms with E-state index in [1.807, 2.05) is 0 Å². The maximum atomic E-state index is 15.2. The SMILES string of the molecule is Cc1nn(CCOC(=O)c2ccc(Cl)cc2)c(NC(=O)c2ccc(Cl)cc2)c1P(=O)(Nc1cccc(C(F)(F)F)c1)N1CCCC1. The van der Waals surface area contributed by atoms with Crippen molar-refractivity contribution in [1.29, 1.82) is 0 Å². The molecule has 1 aliphatic heterocycles. The highest BCUT2D eigenvalue weighted by molar-refractivity contribution is 7.71. The van der Waals surface area contributed by atoms with Crippen molar-refractivity contribution in [2.75, 3.05) is 30.1 Å². The van der Waals surface area contributed by atoms with Gasteiger partial charge in [0, 0.05) is 34.4 Å². The van der Waals surface area contributed by atoms with Crippen LogP contribution < -0.4 is 15.7 Å². The molecule has 1 saturated heterocycles. The largest absolute Gasteiger partial charge is 0.460 e. The van der Waals surface area contributed by atoms with Gasteiger partial charge in [-0.15, -0.1) is 0 Å². The third-order valence-electron chi connectivity index (χ3n) is 7.30. The highest BCUT2D eigenvalue weighted by atomic mass is 35.5. The van der Waals surface area contributed by atoms with E-state index in [4.69, 9.17) is 27.9 Å². The fourth-order valence-corrected chi connectivity index (χ4v) is 8.15. The average molecular weight is 694 g/mol. The summed E-state index contributed by atoms with van der Waals surface area (Å²) in [4.78, 5) is 26.1. The molecule has 15 heteroatoms. The summed E-state index contributed by atoms with van der Waals surface area (Å²) >= 11 is 11.9. The Bertz CT molecular complexity index is 1780. The standard InChI is InChI=1S/C31H29Cl2F3N5O4P/c1-20-27(46(44,40-15-2-3-16-40)39-26-6-4-5-23(19-26)31(34,35)36)28(37-29(42)21-7-11-24(32)12-8-21)41(38-20)17-18-45-30(43)22-9-13-25(33)14-10-22/h4-14,19H,2-3,15-18H2,1H3,(H,37,42)(H,39,44). The van der Waals surface area contributed by atoms with Crippen LogP contribution >= 0.6 is 30.6 Å². The van der Waals surface area contributed by atoms with Gasteiger partial charge in [0.2, 0.25) is 0 Å². The van der Waals surface area contributed by atoms with Crippen LogP contribution in [0.5, 0.6) is 0 Å². The molecule has 2 heterocycles. The minimum absolute atomic E-state index is 0.0101. The Morgan fingerprint density at radius 1 is 0.957 bits per heavy atom. The summed E-state index contributed by atoms with van der Waals surface area (Å²) in [5, 5.41) is 11.3. The topological polar surface area (TPSA) is 106 Å². The fourth-order valence-electron chi connectivity index (χ4n) is 5.09. The monoisotopic (exact) mass is 693 g/mol. The van der Waals surface area contributed by atoms with Crippen molar-refractivity contribution in [1.82, 2.24) is 14.5 Å². The van der Waals surface area contributed by atoms with Crippen molar-refractivity contribution >= 4 is 59.3 Å². The van der Waals surface area contributed by atoms with E-state index in [-0.39, 0.29) is 46.8 Å².